The van der Waals surface area contributed by atoms with Crippen molar-refractivity contribution in [2.75, 3.05) is 12.3 Å². The molecule has 2 N–H and O–H groups in total. The van der Waals surface area contributed by atoms with Crippen LogP contribution in [0.25, 0.3) is 0 Å². The highest BCUT2D eigenvalue weighted by atomic mass is 31.2. The van der Waals surface area contributed by atoms with Crippen LogP contribution >= 0.6 is 7.37 Å². The molecule has 5 heteroatoms. The van der Waals surface area contributed by atoms with Gasteiger partial charge in [-0.1, -0.05) is 45.6 Å². The minimum atomic E-state index is -3.37. The zero-order chi connectivity index (χ0) is 14.5. The summed E-state index contributed by atoms with van der Waals surface area (Å²) in [6, 6.07) is 0. The van der Waals surface area contributed by atoms with E-state index in [1.807, 2.05) is 13.8 Å². The fourth-order valence-electron chi connectivity index (χ4n) is 2.68. The van der Waals surface area contributed by atoms with E-state index in [4.69, 9.17) is 5.11 Å². The van der Waals surface area contributed by atoms with Crippen LogP contribution in [0.1, 0.15) is 46.0 Å². The van der Waals surface area contributed by atoms with E-state index in [1.165, 1.54) is 12.8 Å². The molecular weight excluding hydrogens is 263 g/mol. The fourth-order valence-corrected chi connectivity index (χ4v) is 4.74. The van der Waals surface area contributed by atoms with E-state index in [1.54, 1.807) is 6.08 Å². The first-order valence-corrected chi connectivity index (χ1v) is 9.06. The molecule has 19 heavy (non-hydrogen) atoms. The van der Waals surface area contributed by atoms with Crippen molar-refractivity contribution in [3.05, 3.63) is 11.6 Å². The summed E-state index contributed by atoms with van der Waals surface area (Å²) in [5, 5.41) is 9.14. The summed E-state index contributed by atoms with van der Waals surface area (Å²) in [6.45, 7) is 3.73. The van der Waals surface area contributed by atoms with Crippen LogP contribution in [0.3, 0.4) is 0 Å². The summed E-state index contributed by atoms with van der Waals surface area (Å²) in [5.41, 5.74) is 0.110. The quantitative estimate of drug-likeness (QED) is 0.555. The third-order valence-corrected chi connectivity index (χ3v) is 5.65. The van der Waals surface area contributed by atoms with E-state index < -0.39 is 13.3 Å². The first kappa shape index (κ1) is 16.5. The molecule has 0 spiro atoms. The number of aliphatic carboxylic acids is 1. The molecule has 1 unspecified atom stereocenters. The van der Waals surface area contributed by atoms with Crippen molar-refractivity contribution in [2.45, 2.75) is 46.0 Å². The van der Waals surface area contributed by atoms with Crippen molar-refractivity contribution in [1.82, 2.24) is 0 Å². The monoisotopic (exact) mass is 288 g/mol. The maximum atomic E-state index is 12.0. The van der Waals surface area contributed by atoms with Crippen molar-refractivity contribution < 1.29 is 19.4 Å². The second-order valence-electron chi connectivity index (χ2n) is 6.00. The number of rotatable bonds is 7. The predicted octanol–water partition coefficient (Wildman–Crippen LogP) is 3.50. The van der Waals surface area contributed by atoms with Gasteiger partial charge in [0.25, 0.3) is 0 Å². The summed E-state index contributed by atoms with van der Waals surface area (Å²) in [5.74, 6) is -0.408. The molecular formula is C14H25O4P. The first-order valence-electron chi connectivity index (χ1n) is 7.03. The molecule has 1 rings (SSSR count). The van der Waals surface area contributed by atoms with Crippen molar-refractivity contribution in [1.29, 1.82) is 0 Å². The number of hydrogen-bond donors (Lipinski definition) is 2. The van der Waals surface area contributed by atoms with Crippen molar-refractivity contribution >= 4 is 13.3 Å². The van der Waals surface area contributed by atoms with Crippen LogP contribution in [0, 0.1) is 11.8 Å². The number of carbonyl (C=O) groups is 1. The Bertz CT molecular complexity index is 381. The van der Waals surface area contributed by atoms with Crippen LogP contribution in [0.15, 0.2) is 11.6 Å². The lowest BCUT2D eigenvalue weighted by atomic mass is 10.0. The van der Waals surface area contributed by atoms with Gasteiger partial charge in [-0.3, -0.25) is 4.57 Å². The molecule has 0 saturated heterocycles. The molecule has 1 fully saturated rings. The Morgan fingerprint density at radius 3 is 2.42 bits per heavy atom. The summed E-state index contributed by atoms with van der Waals surface area (Å²) in [6.07, 6.45) is 7.09. The van der Waals surface area contributed by atoms with E-state index >= 15 is 0 Å². The Hall–Kier alpha value is -0.600. The Morgan fingerprint density at radius 1 is 1.37 bits per heavy atom. The van der Waals surface area contributed by atoms with E-state index in [9.17, 15) is 14.3 Å². The molecule has 0 aromatic carbocycles. The highest BCUT2D eigenvalue weighted by molar-refractivity contribution is 7.58. The van der Waals surface area contributed by atoms with Gasteiger partial charge < -0.3 is 10.00 Å². The lowest BCUT2D eigenvalue weighted by molar-refractivity contribution is -0.132. The number of hydrogen-bond acceptors (Lipinski definition) is 2. The number of carboxylic acid groups (broad SMARTS) is 1. The first-order chi connectivity index (χ1) is 8.80. The van der Waals surface area contributed by atoms with E-state index in [0.717, 1.165) is 19.3 Å². The molecule has 0 radical (unpaired) electrons. The molecule has 110 valence electrons. The molecule has 0 amide bonds. The van der Waals surface area contributed by atoms with Crippen molar-refractivity contribution in [3.8, 4) is 0 Å². The van der Waals surface area contributed by atoms with Crippen LogP contribution in [-0.4, -0.2) is 28.3 Å². The zero-order valence-electron chi connectivity index (χ0n) is 11.8. The Morgan fingerprint density at radius 2 is 1.95 bits per heavy atom. The minimum absolute atomic E-state index is 0.0979. The van der Waals surface area contributed by atoms with E-state index in [-0.39, 0.29) is 23.8 Å². The normalized spacial score (nSPS) is 20.7. The Kier molecular flexibility index (Phi) is 6.28. The molecule has 1 atom stereocenters. The minimum Gasteiger partial charge on any atom is -0.478 e. The van der Waals surface area contributed by atoms with Crippen LogP contribution in [-0.2, 0) is 9.36 Å². The predicted molar refractivity (Wildman–Crippen MR) is 76.7 cm³/mol. The summed E-state index contributed by atoms with van der Waals surface area (Å²) in [7, 11) is -3.37. The van der Waals surface area contributed by atoms with Crippen LogP contribution in [0.5, 0.6) is 0 Å². The van der Waals surface area contributed by atoms with Gasteiger partial charge in [0.05, 0.1) is 6.16 Å². The molecule has 1 saturated carbocycles. The van der Waals surface area contributed by atoms with Gasteiger partial charge in [0.1, 0.15) is 0 Å². The van der Waals surface area contributed by atoms with Crippen molar-refractivity contribution in [2.24, 2.45) is 11.8 Å². The van der Waals surface area contributed by atoms with Crippen LogP contribution in [0.2, 0.25) is 0 Å². The van der Waals surface area contributed by atoms with Gasteiger partial charge in [-0.05, 0) is 18.3 Å². The Labute approximate surface area is 115 Å². The van der Waals surface area contributed by atoms with Gasteiger partial charge >= 0.3 is 5.97 Å². The van der Waals surface area contributed by atoms with Gasteiger partial charge in [0, 0.05) is 11.7 Å². The molecule has 0 aliphatic heterocycles. The average molecular weight is 288 g/mol. The maximum Gasteiger partial charge on any atom is 0.331 e. The second-order valence-corrected chi connectivity index (χ2v) is 8.38. The van der Waals surface area contributed by atoms with Gasteiger partial charge in [-0.2, -0.15) is 0 Å². The van der Waals surface area contributed by atoms with Crippen LogP contribution in [0.4, 0.5) is 0 Å². The van der Waals surface area contributed by atoms with Crippen molar-refractivity contribution in [3.63, 3.8) is 0 Å². The molecule has 4 nitrogen and oxygen atoms in total. The third kappa shape index (κ3) is 6.40. The molecule has 0 aromatic rings. The van der Waals surface area contributed by atoms with Gasteiger partial charge in [-0.15, -0.1) is 0 Å². The van der Waals surface area contributed by atoms with E-state index in [0.29, 0.717) is 5.92 Å². The zero-order valence-corrected chi connectivity index (χ0v) is 12.7. The lowest BCUT2D eigenvalue weighted by Crippen LogP contribution is -2.10. The number of carboxylic acids is 1. The fraction of sp³-hybridized carbons (Fsp3) is 0.786. The molecule has 1 aliphatic carbocycles. The second kappa shape index (κ2) is 7.25. The summed E-state index contributed by atoms with van der Waals surface area (Å²) in [4.78, 5) is 21.0. The summed E-state index contributed by atoms with van der Waals surface area (Å²) < 4.78 is 12.0. The SMILES string of the molecule is CC(C)CP(=O)(O)C/C(=C\CC1CCCC1)C(=O)O. The molecule has 0 heterocycles. The highest BCUT2D eigenvalue weighted by Gasteiger charge is 2.25. The van der Waals surface area contributed by atoms with Gasteiger partial charge in [0.2, 0.25) is 7.37 Å². The van der Waals surface area contributed by atoms with Gasteiger partial charge in [0.15, 0.2) is 0 Å². The molecule has 1 aliphatic rings. The van der Waals surface area contributed by atoms with Crippen LogP contribution < -0.4 is 0 Å². The number of allylic oxidation sites excluding steroid dienone is 1. The topological polar surface area (TPSA) is 74.6 Å². The van der Waals surface area contributed by atoms with E-state index in [2.05, 4.69) is 0 Å². The third-order valence-electron chi connectivity index (χ3n) is 3.51. The standard InChI is InChI=1S/C14H25O4P/c1-11(2)9-19(17,18)10-13(14(15)16)8-7-12-5-3-4-6-12/h8,11-12H,3-7,9-10H2,1-2H3,(H,15,16)(H,17,18)/b13-8+. The average Bonchev–Trinajstić information content (AvgIpc) is 2.74. The lowest BCUT2D eigenvalue weighted by Gasteiger charge is -2.14. The largest absolute Gasteiger partial charge is 0.478 e. The van der Waals surface area contributed by atoms with Gasteiger partial charge in [-0.25, -0.2) is 4.79 Å². The highest BCUT2D eigenvalue weighted by Crippen LogP contribution is 2.44. The maximum absolute atomic E-state index is 12.0. The Balaban J connectivity index is 2.63. The summed E-state index contributed by atoms with van der Waals surface area (Å²) >= 11 is 0. The molecule has 0 bridgehead atoms. The smallest absolute Gasteiger partial charge is 0.331 e. The molecule has 0 aromatic heterocycles.